The van der Waals surface area contributed by atoms with Gasteiger partial charge in [0.2, 0.25) is 0 Å². The van der Waals surface area contributed by atoms with Gasteiger partial charge < -0.3 is 10.5 Å². The number of benzene rings is 1. The van der Waals surface area contributed by atoms with E-state index < -0.39 is 0 Å². The summed E-state index contributed by atoms with van der Waals surface area (Å²) < 4.78 is 7.47. The Morgan fingerprint density at radius 3 is 3.00 bits per heavy atom. The lowest BCUT2D eigenvalue weighted by atomic mass is 10.1. The second-order valence-electron chi connectivity index (χ2n) is 4.97. The highest BCUT2D eigenvalue weighted by atomic mass is 16.5. The van der Waals surface area contributed by atoms with Gasteiger partial charge in [-0.1, -0.05) is 30.7 Å². The number of nitrogens with zero attached hydrogens (tertiary/aromatic N) is 3. The Bertz CT molecular complexity index is 538. The molecule has 0 aliphatic carbocycles. The minimum absolute atomic E-state index is 0.0218. The molecule has 1 unspecified atom stereocenters. The van der Waals surface area contributed by atoms with Crippen molar-refractivity contribution in [3.05, 3.63) is 41.7 Å². The number of rotatable bonds is 7. The van der Waals surface area contributed by atoms with Crippen LogP contribution in [-0.4, -0.2) is 21.6 Å². The molecule has 2 aromatic rings. The zero-order valence-electron chi connectivity index (χ0n) is 12.1. The zero-order chi connectivity index (χ0) is 14.4. The molecule has 1 atom stereocenters. The van der Waals surface area contributed by atoms with Crippen LogP contribution in [0.2, 0.25) is 0 Å². The number of aryl methyl sites for hydroxylation is 1. The predicted molar refractivity (Wildman–Crippen MR) is 78.5 cm³/mol. The molecule has 0 saturated carbocycles. The maximum atomic E-state index is 6.01. The molecule has 0 spiro atoms. The van der Waals surface area contributed by atoms with Crippen molar-refractivity contribution in [3.63, 3.8) is 0 Å². The molecule has 108 valence electrons. The van der Waals surface area contributed by atoms with Crippen LogP contribution >= 0.6 is 0 Å². The van der Waals surface area contributed by atoms with Crippen molar-refractivity contribution in [1.29, 1.82) is 0 Å². The third-order valence-corrected chi connectivity index (χ3v) is 3.11. The third kappa shape index (κ3) is 4.06. The lowest BCUT2D eigenvalue weighted by molar-refractivity contribution is 0.289. The van der Waals surface area contributed by atoms with E-state index in [1.807, 2.05) is 37.4 Å². The summed E-state index contributed by atoms with van der Waals surface area (Å²) in [4.78, 5) is 0. The Balaban J connectivity index is 1.82. The summed E-state index contributed by atoms with van der Waals surface area (Å²) in [5.74, 6) is 0.882. The Hall–Kier alpha value is -1.88. The first-order valence-electron chi connectivity index (χ1n) is 7.04. The first-order chi connectivity index (χ1) is 9.69. The molecule has 1 heterocycles. The van der Waals surface area contributed by atoms with Gasteiger partial charge in [-0.25, -0.2) is 4.68 Å². The number of nitrogens with two attached hydrogens (primary N) is 1. The molecule has 2 rings (SSSR count). The van der Waals surface area contributed by atoms with Crippen LogP contribution in [0.15, 0.2) is 30.5 Å². The van der Waals surface area contributed by atoms with Crippen molar-refractivity contribution in [3.8, 4) is 5.75 Å². The molecule has 5 nitrogen and oxygen atoms in total. The van der Waals surface area contributed by atoms with Crippen molar-refractivity contribution >= 4 is 0 Å². The van der Waals surface area contributed by atoms with E-state index in [1.165, 1.54) is 5.56 Å². The molecule has 5 heteroatoms. The summed E-state index contributed by atoms with van der Waals surface area (Å²) >= 11 is 0. The Kier molecular flexibility index (Phi) is 5.12. The molecule has 0 bridgehead atoms. The van der Waals surface area contributed by atoms with E-state index in [4.69, 9.17) is 10.5 Å². The largest absolute Gasteiger partial charge is 0.492 e. The lowest BCUT2D eigenvalue weighted by Gasteiger charge is -2.06. The molecule has 0 radical (unpaired) electrons. The number of hydrogen-bond donors (Lipinski definition) is 1. The Morgan fingerprint density at radius 2 is 2.25 bits per heavy atom. The summed E-state index contributed by atoms with van der Waals surface area (Å²) in [5.41, 5.74) is 8.05. The lowest BCUT2D eigenvalue weighted by Crippen LogP contribution is -2.10. The monoisotopic (exact) mass is 274 g/mol. The van der Waals surface area contributed by atoms with Gasteiger partial charge in [0.05, 0.1) is 24.5 Å². The van der Waals surface area contributed by atoms with Crippen LogP contribution in [0.1, 0.15) is 37.1 Å². The quantitative estimate of drug-likeness (QED) is 0.842. The van der Waals surface area contributed by atoms with Gasteiger partial charge in [-0.05, 0) is 31.0 Å². The summed E-state index contributed by atoms with van der Waals surface area (Å²) in [5, 5.41) is 8.18. The summed E-state index contributed by atoms with van der Waals surface area (Å²) in [7, 11) is 0. The van der Waals surface area contributed by atoms with Crippen molar-refractivity contribution in [2.75, 3.05) is 6.61 Å². The fourth-order valence-electron chi connectivity index (χ4n) is 2.01. The maximum absolute atomic E-state index is 6.01. The van der Waals surface area contributed by atoms with Gasteiger partial charge in [0, 0.05) is 0 Å². The molecular weight excluding hydrogens is 252 g/mol. The predicted octanol–water partition coefficient (Wildman–Crippen LogP) is 2.47. The highest BCUT2D eigenvalue weighted by molar-refractivity contribution is 5.27. The first kappa shape index (κ1) is 14.5. The van der Waals surface area contributed by atoms with E-state index in [-0.39, 0.29) is 6.04 Å². The van der Waals surface area contributed by atoms with E-state index in [9.17, 15) is 0 Å². The molecule has 1 aromatic carbocycles. The van der Waals surface area contributed by atoms with Gasteiger partial charge in [0.25, 0.3) is 0 Å². The molecule has 1 aromatic heterocycles. The standard InChI is InChI=1S/C15H22N4O/c1-3-5-14(16)15-11-19(18-17-15)8-9-20-13-7-4-6-12(2)10-13/h4,6-7,10-11,14H,3,5,8-9,16H2,1-2H3. The fourth-order valence-corrected chi connectivity index (χ4v) is 2.01. The second-order valence-corrected chi connectivity index (χ2v) is 4.97. The average Bonchev–Trinajstić information content (AvgIpc) is 2.88. The number of ether oxygens (including phenoxy) is 1. The van der Waals surface area contributed by atoms with Gasteiger partial charge in [0.1, 0.15) is 12.4 Å². The molecule has 0 amide bonds. The van der Waals surface area contributed by atoms with Crippen LogP contribution in [0.4, 0.5) is 0 Å². The van der Waals surface area contributed by atoms with Crippen LogP contribution in [-0.2, 0) is 6.54 Å². The van der Waals surface area contributed by atoms with Crippen LogP contribution in [0.5, 0.6) is 5.75 Å². The Morgan fingerprint density at radius 1 is 1.40 bits per heavy atom. The zero-order valence-corrected chi connectivity index (χ0v) is 12.1. The SMILES string of the molecule is CCCC(N)c1cn(CCOc2cccc(C)c2)nn1. The molecule has 2 N–H and O–H groups in total. The molecular formula is C15H22N4O. The maximum Gasteiger partial charge on any atom is 0.119 e. The van der Waals surface area contributed by atoms with Gasteiger partial charge >= 0.3 is 0 Å². The van der Waals surface area contributed by atoms with E-state index in [0.29, 0.717) is 13.2 Å². The normalized spacial score (nSPS) is 12.3. The molecule has 0 fully saturated rings. The molecule has 0 saturated heterocycles. The van der Waals surface area contributed by atoms with E-state index in [1.54, 1.807) is 4.68 Å². The minimum atomic E-state index is -0.0218. The van der Waals surface area contributed by atoms with Crippen molar-refractivity contribution < 1.29 is 4.74 Å². The van der Waals surface area contributed by atoms with Crippen molar-refractivity contribution in [2.24, 2.45) is 5.73 Å². The van der Waals surface area contributed by atoms with Crippen LogP contribution in [0.25, 0.3) is 0 Å². The highest BCUT2D eigenvalue weighted by Gasteiger charge is 2.09. The summed E-state index contributed by atoms with van der Waals surface area (Å²) in [6.07, 6.45) is 3.88. The van der Waals surface area contributed by atoms with E-state index in [2.05, 4.69) is 17.2 Å². The first-order valence-corrected chi connectivity index (χ1v) is 7.04. The van der Waals surface area contributed by atoms with Crippen molar-refractivity contribution in [1.82, 2.24) is 15.0 Å². The highest BCUT2D eigenvalue weighted by Crippen LogP contribution is 2.13. The number of aromatic nitrogens is 3. The second kappa shape index (κ2) is 7.05. The minimum Gasteiger partial charge on any atom is -0.492 e. The van der Waals surface area contributed by atoms with E-state index in [0.717, 1.165) is 24.3 Å². The molecule has 20 heavy (non-hydrogen) atoms. The molecule has 0 aliphatic heterocycles. The van der Waals surface area contributed by atoms with Crippen LogP contribution in [0, 0.1) is 6.92 Å². The van der Waals surface area contributed by atoms with E-state index >= 15 is 0 Å². The smallest absolute Gasteiger partial charge is 0.119 e. The Labute approximate surface area is 119 Å². The van der Waals surface area contributed by atoms with Crippen LogP contribution in [0.3, 0.4) is 0 Å². The number of hydrogen-bond acceptors (Lipinski definition) is 4. The van der Waals surface area contributed by atoms with Gasteiger partial charge in [0.15, 0.2) is 0 Å². The fraction of sp³-hybridized carbons (Fsp3) is 0.467. The van der Waals surface area contributed by atoms with Crippen molar-refractivity contribution in [2.45, 2.75) is 39.3 Å². The third-order valence-electron chi connectivity index (χ3n) is 3.11. The summed E-state index contributed by atoms with van der Waals surface area (Å²) in [6, 6.07) is 7.99. The average molecular weight is 274 g/mol. The molecule has 0 aliphatic rings. The topological polar surface area (TPSA) is 66.0 Å². The summed E-state index contributed by atoms with van der Waals surface area (Å²) in [6.45, 7) is 5.39. The van der Waals surface area contributed by atoms with Gasteiger partial charge in [-0.15, -0.1) is 5.10 Å². The van der Waals surface area contributed by atoms with Gasteiger partial charge in [-0.2, -0.15) is 0 Å². The van der Waals surface area contributed by atoms with Crippen LogP contribution < -0.4 is 10.5 Å². The van der Waals surface area contributed by atoms with Gasteiger partial charge in [-0.3, -0.25) is 0 Å².